The van der Waals surface area contributed by atoms with Crippen LogP contribution in [0.5, 0.6) is 0 Å². The van der Waals surface area contributed by atoms with Crippen molar-refractivity contribution in [2.24, 2.45) is 5.92 Å². The third kappa shape index (κ3) is 6.25. The molecule has 0 aromatic carbocycles. The summed E-state index contributed by atoms with van der Waals surface area (Å²) in [5.41, 5.74) is 0. The number of carbonyl (C=O) groups excluding carboxylic acids is 2. The number of alkyl halides is 3. The Morgan fingerprint density at radius 2 is 1.80 bits per heavy atom. The quantitative estimate of drug-likeness (QED) is 0.649. The van der Waals surface area contributed by atoms with Crippen molar-refractivity contribution in [1.29, 1.82) is 0 Å². The van der Waals surface area contributed by atoms with Crippen LogP contribution in [0.15, 0.2) is 0 Å². The Hall–Kier alpha value is -0.870. The average Bonchev–Trinajstić information content (AvgIpc) is 1.99. The Morgan fingerprint density at radius 1 is 1.27 bits per heavy atom. The number of unbranched alkanes of at least 4 members (excludes halogenated alkanes) is 1. The van der Waals surface area contributed by atoms with E-state index in [2.05, 4.69) is 0 Å². The van der Waals surface area contributed by atoms with E-state index in [4.69, 9.17) is 0 Å². The summed E-state index contributed by atoms with van der Waals surface area (Å²) in [6.07, 6.45) is -2.97. The molecule has 0 N–H and O–H groups in total. The minimum atomic E-state index is -4.49. The van der Waals surface area contributed by atoms with Gasteiger partial charge in [0.2, 0.25) is 0 Å². The van der Waals surface area contributed by atoms with E-state index in [0.29, 0.717) is 0 Å². The lowest BCUT2D eigenvalue weighted by Gasteiger charge is -2.16. The van der Waals surface area contributed by atoms with Crippen LogP contribution in [0.1, 0.15) is 33.1 Å². The Balaban J connectivity index is 3.99. The fraction of sp³-hybridized carbons (Fsp3) is 0.700. The van der Waals surface area contributed by atoms with E-state index in [1.165, 1.54) is 13.3 Å². The van der Waals surface area contributed by atoms with Crippen molar-refractivity contribution in [1.82, 2.24) is 0 Å². The molecule has 0 unspecified atom stereocenters. The van der Waals surface area contributed by atoms with Gasteiger partial charge in [-0.05, 0) is 33.1 Å². The molecule has 0 aromatic rings. The van der Waals surface area contributed by atoms with Gasteiger partial charge in [-0.3, -0.25) is 4.79 Å². The average molecular weight is 223 g/mol. The molecule has 1 atom stereocenters. The molecule has 87 valence electrons. The normalized spacial score (nSPS) is 13.7. The van der Waals surface area contributed by atoms with Gasteiger partial charge in [-0.1, -0.05) is 0 Å². The summed E-state index contributed by atoms with van der Waals surface area (Å²) < 4.78 is 36.7. The van der Waals surface area contributed by atoms with Gasteiger partial charge in [-0.25, -0.2) is 0 Å². The summed E-state index contributed by atoms with van der Waals surface area (Å²) >= 11 is 0. The molecule has 0 rings (SSSR count). The van der Waals surface area contributed by atoms with Crippen LogP contribution in [0.2, 0.25) is 0 Å². The second-order valence-electron chi connectivity index (χ2n) is 3.47. The maximum atomic E-state index is 12.2. The predicted molar refractivity (Wildman–Crippen MR) is 49.1 cm³/mol. The standard InChI is InChI=1S/C10H14F3O2/c1-7(14)5-3-4-6-9(8(2)15)10(11,12)13/h4,9H,3,5-6H2,1-2H3/t9-/m0/s1. The highest BCUT2D eigenvalue weighted by atomic mass is 19.4. The highest BCUT2D eigenvalue weighted by Crippen LogP contribution is 2.30. The minimum absolute atomic E-state index is 0.0716. The van der Waals surface area contributed by atoms with Gasteiger partial charge in [-0.2, -0.15) is 13.2 Å². The van der Waals surface area contributed by atoms with Gasteiger partial charge in [0.15, 0.2) is 0 Å². The van der Waals surface area contributed by atoms with Crippen molar-refractivity contribution in [2.75, 3.05) is 0 Å². The van der Waals surface area contributed by atoms with Gasteiger partial charge in [0, 0.05) is 6.42 Å². The van der Waals surface area contributed by atoms with E-state index >= 15 is 0 Å². The number of hydrogen-bond acceptors (Lipinski definition) is 2. The first-order valence-corrected chi connectivity index (χ1v) is 4.63. The Bertz CT molecular complexity index is 233. The molecule has 2 nitrogen and oxygen atoms in total. The van der Waals surface area contributed by atoms with Crippen LogP contribution in [0.4, 0.5) is 13.2 Å². The third-order valence-electron chi connectivity index (χ3n) is 1.99. The number of carbonyl (C=O) groups is 2. The smallest absolute Gasteiger partial charge is 0.300 e. The van der Waals surface area contributed by atoms with Gasteiger partial charge < -0.3 is 4.79 Å². The summed E-state index contributed by atoms with van der Waals surface area (Å²) in [5.74, 6) is -2.89. The molecule has 0 saturated heterocycles. The first-order valence-electron chi connectivity index (χ1n) is 4.63. The molecular weight excluding hydrogens is 209 g/mol. The highest BCUT2D eigenvalue weighted by molar-refractivity contribution is 5.79. The molecule has 0 aliphatic carbocycles. The number of ketones is 2. The van der Waals surface area contributed by atoms with Crippen molar-refractivity contribution in [2.45, 2.75) is 39.3 Å². The molecule has 0 aliphatic rings. The molecule has 0 spiro atoms. The van der Waals surface area contributed by atoms with E-state index < -0.39 is 17.9 Å². The maximum absolute atomic E-state index is 12.2. The lowest BCUT2D eigenvalue weighted by molar-refractivity contribution is -0.180. The Labute approximate surface area is 86.8 Å². The second-order valence-corrected chi connectivity index (χ2v) is 3.47. The number of halogens is 3. The molecule has 0 bridgehead atoms. The summed E-state index contributed by atoms with van der Waals surface area (Å²) in [6, 6.07) is 0. The maximum Gasteiger partial charge on any atom is 0.398 e. The lowest BCUT2D eigenvalue weighted by atomic mass is 9.96. The molecule has 1 radical (unpaired) electrons. The van der Waals surface area contributed by atoms with E-state index in [1.807, 2.05) is 0 Å². The molecular formula is C10H14F3O2. The number of rotatable bonds is 6. The molecule has 0 aliphatic heterocycles. The molecule has 0 saturated carbocycles. The van der Waals surface area contributed by atoms with Gasteiger partial charge in [0.1, 0.15) is 17.5 Å². The summed E-state index contributed by atoms with van der Waals surface area (Å²) in [5, 5.41) is 0. The van der Waals surface area contributed by atoms with Crippen molar-refractivity contribution in [3.63, 3.8) is 0 Å². The Kier molecular flexibility index (Phi) is 5.54. The van der Waals surface area contributed by atoms with Crippen molar-refractivity contribution >= 4 is 11.6 Å². The van der Waals surface area contributed by atoms with Gasteiger partial charge in [0.25, 0.3) is 0 Å². The fourth-order valence-corrected chi connectivity index (χ4v) is 1.12. The topological polar surface area (TPSA) is 34.1 Å². The van der Waals surface area contributed by atoms with E-state index in [-0.39, 0.29) is 25.0 Å². The summed E-state index contributed by atoms with van der Waals surface area (Å²) in [6.45, 7) is 2.30. The van der Waals surface area contributed by atoms with E-state index in [9.17, 15) is 22.8 Å². The van der Waals surface area contributed by atoms with Crippen LogP contribution < -0.4 is 0 Å². The van der Waals surface area contributed by atoms with Gasteiger partial charge in [-0.15, -0.1) is 0 Å². The second kappa shape index (κ2) is 5.88. The van der Waals surface area contributed by atoms with E-state index in [1.54, 1.807) is 0 Å². The SMILES string of the molecule is CC(=O)CC[CH]C[C@@H](C(C)=O)C(F)(F)F. The van der Waals surface area contributed by atoms with Crippen LogP contribution in [-0.2, 0) is 9.59 Å². The van der Waals surface area contributed by atoms with Crippen LogP contribution in [0.3, 0.4) is 0 Å². The van der Waals surface area contributed by atoms with Crippen LogP contribution in [-0.4, -0.2) is 17.7 Å². The summed E-state index contributed by atoms with van der Waals surface area (Å²) in [7, 11) is 0. The van der Waals surface area contributed by atoms with Crippen molar-refractivity contribution < 1.29 is 22.8 Å². The van der Waals surface area contributed by atoms with Gasteiger partial charge >= 0.3 is 6.18 Å². The van der Waals surface area contributed by atoms with Crippen LogP contribution in [0, 0.1) is 12.3 Å². The van der Waals surface area contributed by atoms with Crippen LogP contribution >= 0.6 is 0 Å². The van der Waals surface area contributed by atoms with Gasteiger partial charge in [0.05, 0.1) is 0 Å². The Morgan fingerprint density at radius 3 is 2.13 bits per heavy atom. The molecule has 5 heteroatoms. The van der Waals surface area contributed by atoms with E-state index in [0.717, 1.165) is 6.92 Å². The molecule has 0 heterocycles. The highest BCUT2D eigenvalue weighted by Gasteiger charge is 2.42. The first kappa shape index (κ1) is 14.1. The monoisotopic (exact) mass is 223 g/mol. The molecule has 0 fully saturated rings. The summed E-state index contributed by atoms with van der Waals surface area (Å²) in [4.78, 5) is 21.2. The predicted octanol–water partition coefficient (Wildman–Crippen LogP) is 2.72. The largest absolute Gasteiger partial charge is 0.398 e. The van der Waals surface area contributed by atoms with Crippen LogP contribution in [0.25, 0.3) is 0 Å². The zero-order valence-electron chi connectivity index (χ0n) is 8.73. The first-order chi connectivity index (χ1) is 6.75. The molecule has 0 amide bonds. The molecule has 15 heavy (non-hydrogen) atoms. The zero-order chi connectivity index (χ0) is 12.1. The molecule has 0 aromatic heterocycles. The van der Waals surface area contributed by atoms with Crippen molar-refractivity contribution in [3.05, 3.63) is 6.42 Å². The fourth-order valence-electron chi connectivity index (χ4n) is 1.12. The third-order valence-corrected chi connectivity index (χ3v) is 1.99. The zero-order valence-corrected chi connectivity index (χ0v) is 8.73. The van der Waals surface area contributed by atoms with Crippen molar-refractivity contribution in [3.8, 4) is 0 Å². The number of hydrogen-bond donors (Lipinski definition) is 0. The number of Topliss-reactive ketones (excluding diaryl/α,β-unsaturated/α-hetero) is 2. The lowest BCUT2D eigenvalue weighted by Crippen LogP contribution is -2.29. The minimum Gasteiger partial charge on any atom is -0.300 e.